The van der Waals surface area contributed by atoms with Gasteiger partial charge < -0.3 is 5.32 Å². The van der Waals surface area contributed by atoms with Gasteiger partial charge in [0, 0.05) is 46.4 Å². The number of thiophene rings is 1. The molecule has 0 aromatic carbocycles. The Balaban J connectivity index is 1.82. The van der Waals surface area contributed by atoms with Gasteiger partial charge in [-0.3, -0.25) is 4.90 Å². The molecule has 1 N–H and O–H groups in total. The molecule has 108 valence electrons. The highest BCUT2D eigenvalue weighted by Gasteiger charge is 2.22. The molecule has 0 amide bonds. The number of nitrogens with one attached hydrogen (secondary N) is 1. The summed E-state index contributed by atoms with van der Waals surface area (Å²) < 4.78 is 0. The Hall–Kier alpha value is -0.0300. The molecule has 2 atom stereocenters. The standard InChI is InChI=1S/C15H26N2S2/c1-4-7-16-8-14-5-6-15(19-14)11-17-9-12(2)18-13(3)10-17/h5-6,12-13,16H,4,7-11H2,1-3H3. The van der Waals surface area contributed by atoms with Crippen molar-refractivity contribution in [3.05, 3.63) is 21.9 Å². The van der Waals surface area contributed by atoms with E-state index in [1.165, 1.54) is 29.3 Å². The van der Waals surface area contributed by atoms with E-state index in [-0.39, 0.29) is 0 Å². The van der Waals surface area contributed by atoms with Crippen LogP contribution in [0.5, 0.6) is 0 Å². The summed E-state index contributed by atoms with van der Waals surface area (Å²) in [6.07, 6.45) is 1.21. The lowest BCUT2D eigenvalue weighted by atomic mass is 10.3. The fraction of sp³-hybridized carbons (Fsp3) is 0.733. The molecule has 1 fully saturated rings. The Morgan fingerprint density at radius 1 is 1.21 bits per heavy atom. The molecule has 19 heavy (non-hydrogen) atoms. The van der Waals surface area contributed by atoms with Crippen LogP contribution in [0.2, 0.25) is 0 Å². The monoisotopic (exact) mass is 298 g/mol. The van der Waals surface area contributed by atoms with E-state index in [2.05, 4.69) is 54.9 Å². The number of hydrogen-bond acceptors (Lipinski definition) is 4. The molecular weight excluding hydrogens is 272 g/mol. The Morgan fingerprint density at radius 3 is 2.58 bits per heavy atom. The van der Waals surface area contributed by atoms with Crippen LogP contribution in [0.1, 0.15) is 36.9 Å². The van der Waals surface area contributed by atoms with Gasteiger partial charge >= 0.3 is 0 Å². The van der Waals surface area contributed by atoms with Gasteiger partial charge in [0.1, 0.15) is 0 Å². The summed E-state index contributed by atoms with van der Waals surface area (Å²) in [7, 11) is 0. The van der Waals surface area contributed by atoms with E-state index >= 15 is 0 Å². The van der Waals surface area contributed by atoms with Crippen LogP contribution in [0, 0.1) is 0 Å². The lowest BCUT2D eigenvalue weighted by Gasteiger charge is -2.34. The highest BCUT2D eigenvalue weighted by Crippen LogP contribution is 2.27. The maximum absolute atomic E-state index is 3.48. The quantitative estimate of drug-likeness (QED) is 0.808. The maximum Gasteiger partial charge on any atom is 0.0328 e. The highest BCUT2D eigenvalue weighted by atomic mass is 32.2. The van der Waals surface area contributed by atoms with Crippen molar-refractivity contribution in [2.75, 3.05) is 19.6 Å². The van der Waals surface area contributed by atoms with Gasteiger partial charge in [0.05, 0.1) is 0 Å². The second kappa shape index (κ2) is 7.67. The smallest absolute Gasteiger partial charge is 0.0328 e. The third-order valence-corrected chi connectivity index (χ3v) is 5.62. The number of rotatable bonds is 6. The summed E-state index contributed by atoms with van der Waals surface area (Å²) in [6, 6.07) is 4.60. The first-order valence-corrected chi connectivity index (χ1v) is 9.09. The molecule has 1 aromatic rings. The molecule has 1 aliphatic rings. The summed E-state index contributed by atoms with van der Waals surface area (Å²) in [5, 5.41) is 5.02. The molecule has 1 saturated heterocycles. The average molecular weight is 299 g/mol. The van der Waals surface area contributed by atoms with Crippen molar-refractivity contribution in [3.63, 3.8) is 0 Å². The SMILES string of the molecule is CCCNCc1ccc(CN2CC(C)SC(C)C2)s1. The second-order valence-corrected chi connectivity index (χ2v) is 8.63. The van der Waals surface area contributed by atoms with Crippen LogP contribution in [-0.4, -0.2) is 35.0 Å². The summed E-state index contributed by atoms with van der Waals surface area (Å²) in [5.74, 6) is 0. The van der Waals surface area contributed by atoms with Gasteiger partial charge in [0.15, 0.2) is 0 Å². The summed E-state index contributed by atoms with van der Waals surface area (Å²) in [6.45, 7) is 12.7. The van der Waals surface area contributed by atoms with Gasteiger partial charge in [0.25, 0.3) is 0 Å². The Labute approximate surface area is 126 Å². The van der Waals surface area contributed by atoms with Crippen molar-refractivity contribution < 1.29 is 0 Å². The zero-order valence-corrected chi connectivity index (χ0v) is 13.9. The van der Waals surface area contributed by atoms with E-state index in [0.29, 0.717) is 0 Å². The molecule has 4 heteroatoms. The fourth-order valence-electron chi connectivity index (χ4n) is 2.62. The van der Waals surface area contributed by atoms with Crippen molar-refractivity contribution in [2.45, 2.75) is 50.8 Å². The van der Waals surface area contributed by atoms with Crippen LogP contribution in [0.4, 0.5) is 0 Å². The minimum atomic E-state index is 0.773. The molecule has 0 aliphatic carbocycles. The molecular formula is C15H26N2S2. The average Bonchev–Trinajstić information content (AvgIpc) is 2.76. The van der Waals surface area contributed by atoms with Gasteiger partial charge in [0.2, 0.25) is 0 Å². The van der Waals surface area contributed by atoms with Crippen molar-refractivity contribution >= 4 is 23.1 Å². The van der Waals surface area contributed by atoms with Crippen LogP contribution in [0.25, 0.3) is 0 Å². The van der Waals surface area contributed by atoms with Gasteiger partial charge in [-0.2, -0.15) is 11.8 Å². The van der Waals surface area contributed by atoms with Crippen LogP contribution in [-0.2, 0) is 13.1 Å². The predicted molar refractivity (Wildman–Crippen MR) is 88.1 cm³/mol. The van der Waals surface area contributed by atoms with Crippen molar-refractivity contribution in [2.24, 2.45) is 0 Å². The topological polar surface area (TPSA) is 15.3 Å². The predicted octanol–water partition coefficient (Wildman–Crippen LogP) is 3.57. The molecule has 1 aromatic heterocycles. The Kier molecular flexibility index (Phi) is 6.20. The molecule has 2 nitrogen and oxygen atoms in total. The Morgan fingerprint density at radius 2 is 1.89 bits per heavy atom. The Bertz CT molecular complexity index is 368. The van der Waals surface area contributed by atoms with Crippen LogP contribution >= 0.6 is 23.1 Å². The summed E-state index contributed by atoms with van der Waals surface area (Å²) in [5.41, 5.74) is 0. The van der Waals surface area contributed by atoms with E-state index in [4.69, 9.17) is 0 Å². The van der Waals surface area contributed by atoms with Crippen molar-refractivity contribution in [3.8, 4) is 0 Å². The number of nitrogens with zero attached hydrogens (tertiary/aromatic N) is 1. The van der Waals surface area contributed by atoms with Gasteiger partial charge in [-0.25, -0.2) is 0 Å². The molecule has 0 bridgehead atoms. The van der Waals surface area contributed by atoms with E-state index < -0.39 is 0 Å². The molecule has 2 heterocycles. The van der Waals surface area contributed by atoms with Crippen molar-refractivity contribution in [1.82, 2.24) is 10.2 Å². The van der Waals surface area contributed by atoms with Gasteiger partial charge in [-0.05, 0) is 25.1 Å². The molecule has 0 spiro atoms. The summed E-state index contributed by atoms with van der Waals surface area (Å²) >= 11 is 4.09. The van der Waals surface area contributed by atoms with E-state index in [1.807, 2.05) is 11.3 Å². The molecule has 2 rings (SSSR count). The normalized spacial score (nSPS) is 24.8. The van der Waals surface area contributed by atoms with Gasteiger partial charge in [-0.15, -0.1) is 11.3 Å². The molecule has 0 radical (unpaired) electrons. The third-order valence-electron chi connectivity index (χ3n) is 3.32. The van der Waals surface area contributed by atoms with Gasteiger partial charge in [-0.1, -0.05) is 20.8 Å². The first kappa shape index (κ1) is 15.4. The maximum atomic E-state index is 3.48. The van der Waals surface area contributed by atoms with Crippen LogP contribution in [0.3, 0.4) is 0 Å². The highest BCUT2D eigenvalue weighted by molar-refractivity contribution is 8.00. The largest absolute Gasteiger partial charge is 0.312 e. The lowest BCUT2D eigenvalue weighted by Crippen LogP contribution is -2.39. The van der Waals surface area contributed by atoms with Crippen LogP contribution in [0.15, 0.2) is 12.1 Å². The molecule has 0 saturated carbocycles. The minimum Gasteiger partial charge on any atom is -0.312 e. The summed E-state index contributed by atoms with van der Waals surface area (Å²) in [4.78, 5) is 5.59. The van der Waals surface area contributed by atoms with E-state index in [1.54, 1.807) is 0 Å². The zero-order valence-electron chi connectivity index (χ0n) is 12.3. The molecule has 1 aliphatic heterocycles. The first-order valence-electron chi connectivity index (χ1n) is 7.33. The van der Waals surface area contributed by atoms with Crippen LogP contribution < -0.4 is 5.32 Å². The van der Waals surface area contributed by atoms with Crippen molar-refractivity contribution in [1.29, 1.82) is 0 Å². The lowest BCUT2D eigenvalue weighted by molar-refractivity contribution is 0.265. The van der Waals surface area contributed by atoms with E-state index in [0.717, 1.165) is 30.1 Å². The minimum absolute atomic E-state index is 0.773. The first-order chi connectivity index (χ1) is 9.17. The fourth-order valence-corrected chi connectivity index (χ4v) is 5.04. The zero-order chi connectivity index (χ0) is 13.7. The third kappa shape index (κ3) is 5.10. The second-order valence-electron chi connectivity index (χ2n) is 5.50. The number of thioether (sulfide) groups is 1. The number of hydrogen-bond donors (Lipinski definition) is 1. The molecule has 2 unspecified atom stereocenters. The van der Waals surface area contributed by atoms with E-state index in [9.17, 15) is 0 Å².